The number of unbranched alkanes of at least 4 members (excludes halogenated alkanes) is 1. The Hall–Kier alpha value is -0.440. The molecule has 1 rings (SSSR count). The molecule has 1 aromatic carbocycles. The van der Waals surface area contributed by atoms with Gasteiger partial charge in [-0.3, -0.25) is 4.79 Å². The fourth-order valence-corrected chi connectivity index (χ4v) is 2.42. The molecular weight excluding hydrogens is 305 g/mol. The number of hydrogen-bond acceptors (Lipinski definition) is 1. The Morgan fingerprint density at radius 2 is 1.79 bits per heavy atom. The molecule has 5 heteroatoms. The van der Waals surface area contributed by atoms with Crippen molar-refractivity contribution in [1.29, 1.82) is 0 Å². The lowest BCUT2D eigenvalue weighted by Gasteiger charge is -2.15. The first-order chi connectivity index (χ1) is 8.99. The van der Waals surface area contributed by atoms with E-state index in [0.29, 0.717) is 20.8 Å². The van der Waals surface area contributed by atoms with Crippen molar-refractivity contribution in [3.63, 3.8) is 0 Å². The molecule has 19 heavy (non-hydrogen) atoms. The average Bonchev–Trinajstić information content (AvgIpc) is 2.37. The highest BCUT2D eigenvalue weighted by atomic mass is 35.5. The molecule has 0 aromatic heterocycles. The Balaban J connectivity index is 2.78. The zero-order chi connectivity index (χ0) is 14.4. The molecule has 1 aromatic rings. The van der Waals surface area contributed by atoms with Gasteiger partial charge in [-0.15, -0.1) is 0 Å². The largest absolute Gasteiger partial charge is 0.324 e. The molecule has 0 saturated heterocycles. The van der Waals surface area contributed by atoms with Gasteiger partial charge in [-0.05, 0) is 25.0 Å². The molecule has 0 spiro atoms. The Bertz CT molecular complexity index is 449. The van der Waals surface area contributed by atoms with Crippen molar-refractivity contribution < 1.29 is 4.79 Å². The molecule has 0 aliphatic heterocycles. The summed E-state index contributed by atoms with van der Waals surface area (Å²) in [6, 6.07) is 3.12. The van der Waals surface area contributed by atoms with Crippen molar-refractivity contribution in [2.45, 2.75) is 39.5 Å². The number of nitrogens with one attached hydrogen (secondary N) is 1. The van der Waals surface area contributed by atoms with Crippen molar-refractivity contribution >= 4 is 46.4 Å². The van der Waals surface area contributed by atoms with E-state index in [1.54, 1.807) is 6.07 Å². The number of amides is 1. The maximum absolute atomic E-state index is 12.2. The first kappa shape index (κ1) is 16.6. The summed E-state index contributed by atoms with van der Waals surface area (Å²) < 4.78 is 0. The van der Waals surface area contributed by atoms with Gasteiger partial charge in [0, 0.05) is 5.92 Å². The minimum absolute atomic E-state index is 0.00507. The van der Waals surface area contributed by atoms with E-state index in [-0.39, 0.29) is 11.8 Å². The Morgan fingerprint density at radius 1 is 1.16 bits per heavy atom. The van der Waals surface area contributed by atoms with Gasteiger partial charge in [0.05, 0.1) is 20.8 Å². The minimum atomic E-state index is -0.0174. The number of hydrogen-bond donors (Lipinski definition) is 1. The van der Waals surface area contributed by atoms with Gasteiger partial charge in [-0.1, -0.05) is 61.5 Å². The molecule has 0 radical (unpaired) electrons. The summed E-state index contributed by atoms with van der Waals surface area (Å²) in [4.78, 5) is 12.2. The van der Waals surface area contributed by atoms with Crippen LogP contribution in [0.4, 0.5) is 5.69 Å². The van der Waals surface area contributed by atoms with Crippen molar-refractivity contribution in [1.82, 2.24) is 0 Å². The van der Waals surface area contributed by atoms with Crippen LogP contribution in [0.25, 0.3) is 0 Å². The predicted molar refractivity (Wildman–Crippen MR) is 83.4 cm³/mol. The molecule has 0 bridgehead atoms. The number of carbonyl (C=O) groups is 1. The molecule has 0 fully saturated rings. The number of halogens is 3. The monoisotopic (exact) mass is 321 g/mol. The molecule has 1 atom stereocenters. The van der Waals surface area contributed by atoms with Gasteiger partial charge < -0.3 is 5.32 Å². The molecule has 0 saturated carbocycles. The van der Waals surface area contributed by atoms with Crippen molar-refractivity contribution in [3.8, 4) is 0 Å². The van der Waals surface area contributed by atoms with Crippen LogP contribution >= 0.6 is 34.8 Å². The predicted octanol–water partition coefficient (Wildman–Crippen LogP) is 5.80. The summed E-state index contributed by atoms with van der Waals surface area (Å²) in [5, 5.41) is 3.98. The molecule has 0 aliphatic carbocycles. The number of benzene rings is 1. The van der Waals surface area contributed by atoms with Gasteiger partial charge >= 0.3 is 0 Å². The van der Waals surface area contributed by atoms with E-state index in [0.717, 1.165) is 25.7 Å². The second-order valence-electron chi connectivity index (χ2n) is 4.48. The lowest BCUT2D eigenvalue weighted by molar-refractivity contribution is -0.120. The van der Waals surface area contributed by atoms with E-state index in [9.17, 15) is 4.79 Å². The van der Waals surface area contributed by atoms with E-state index in [2.05, 4.69) is 12.2 Å². The standard InChI is InChI=1S/C14H18Cl3NO/c1-3-5-6-9(4-2)14(19)18-13-8-11(16)10(15)7-12(13)17/h7-9H,3-6H2,1-2H3,(H,18,19)/t9-/m0/s1. The molecule has 0 heterocycles. The number of rotatable bonds is 6. The van der Waals surface area contributed by atoms with Crippen molar-refractivity contribution in [2.24, 2.45) is 5.92 Å². The Morgan fingerprint density at radius 3 is 2.37 bits per heavy atom. The second-order valence-corrected chi connectivity index (χ2v) is 5.70. The summed E-state index contributed by atoms with van der Waals surface area (Å²) in [7, 11) is 0. The van der Waals surface area contributed by atoms with E-state index >= 15 is 0 Å². The van der Waals surface area contributed by atoms with Crippen LogP contribution in [-0.4, -0.2) is 5.91 Å². The third-order valence-electron chi connectivity index (χ3n) is 3.04. The minimum Gasteiger partial charge on any atom is -0.324 e. The maximum atomic E-state index is 12.2. The highest BCUT2D eigenvalue weighted by molar-refractivity contribution is 6.44. The van der Waals surface area contributed by atoms with Crippen LogP contribution in [0.15, 0.2) is 12.1 Å². The Labute approximate surface area is 129 Å². The average molecular weight is 323 g/mol. The summed E-state index contributed by atoms with van der Waals surface area (Å²) in [6.45, 7) is 4.12. The highest BCUT2D eigenvalue weighted by Gasteiger charge is 2.17. The number of carbonyl (C=O) groups excluding carboxylic acids is 1. The zero-order valence-electron chi connectivity index (χ0n) is 11.1. The van der Waals surface area contributed by atoms with Crippen LogP contribution < -0.4 is 5.32 Å². The molecule has 0 unspecified atom stereocenters. The molecule has 2 nitrogen and oxygen atoms in total. The maximum Gasteiger partial charge on any atom is 0.227 e. The topological polar surface area (TPSA) is 29.1 Å². The van der Waals surface area contributed by atoms with E-state index < -0.39 is 0 Å². The second kappa shape index (κ2) is 7.98. The van der Waals surface area contributed by atoms with E-state index in [1.807, 2.05) is 6.92 Å². The molecule has 106 valence electrons. The lowest BCUT2D eigenvalue weighted by atomic mass is 9.98. The van der Waals surface area contributed by atoms with Gasteiger partial charge in [0.2, 0.25) is 5.91 Å². The fraction of sp³-hybridized carbons (Fsp3) is 0.500. The van der Waals surface area contributed by atoms with Gasteiger partial charge in [-0.25, -0.2) is 0 Å². The zero-order valence-corrected chi connectivity index (χ0v) is 13.4. The third kappa shape index (κ3) is 4.87. The van der Waals surface area contributed by atoms with E-state index in [1.165, 1.54) is 6.07 Å². The van der Waals surface area contributed by atoms with Gasteiger partial charge in [-0.2, -0.15) is 0 Å². The van der Waals surface area contributed by atoms with Crippen LogP contribution in [0, 0.1) is 5.92 Å². The third-order valence-corrected chi connectivity index (χ3v) is 4.07. The summed E-state index contributed by atoms with van der Waals surface area (Å²) >= 11 is 17.8. The summed E-state index contributed by atoms with van der Waals surface area (Å²) in [6.07, 6.45) is 3.82. The molecular formula is C14H18Cl3NO. The van der Waals surface area contributed by atoms with E-state index in [4.69, 9.17) is 34.8 Å². The first-order valence-corrected chi connectivity index (χ1v) is 7.58. The fourth-order valence-electron chi connectivity index (χ4n) is 1.82. The van der Waals surface area contributed by atoms with Crippen molar-refractivity contribution in [3.05, 3.63) is 27.2 Å². The lowest BCUT2D eigenvalue weighted by Crippen LogP contribution is -2.22. The first-order valence-electron chi connectivity index (χ1n) is 6.45. The van der Waals surface area contributed by atoms with Crippen LogP contribution in [0.1, 0.15) is 39.5 Å². The highest BCUT2D eigenvalue weighted by Crippen LogP contribution is 2.32. The molecule has 1 amide bonds. The summed E-state index contributed by atoms with van der Waals surface area (Å²) in [5.74, 6) is -0.0123. The summed E-state index contributed by atoms with van der Waals surface area (Å²) in [5.41, 5.74) is 0.510. The quantitative estimate of drug-likeness (QED) is 0.659. The van der Waals surface area contributed by atoms with Gasteiger partial charge in [0.25, 0.3) is 0 Å². The Kier molecular flexibility index (Phi) is 6.98. The SMILES string of the molecule is CCCC[C@H](CC)C(=O)Nc1cc(Cl)c(Cl)cc1Cl. The smallest absolute Gasteiger partial charge is 0.227 e. The van der Waals surface area contributed by atoms with Crippen LogP contribution in [0.2, 0.25) is 15.1 Å². The van der Waals surface area contributed by atoms with Crippen LogP contribution in [-0.2, 0) is 4.79 Å². The van der Waals surface area contributed by atoms with Crippen molar-refractivity contribution in [2.75, 3.05) is 5.32 Å². The van der Waals surface area contributed by atoms with Crippen LogP contribution in [0.5, 0.6) is 0 Å². The molecule has 0 aliphatic rings. The molecule has 1 N–H and O–H groups in total. The number of anilines is 1. The van der Waals surface area contributed by atoms with Gasteiger partial charge in [0.1, 0.15) is 0 Å². The van der Waals surface area contributed by atoms with Crippen LogP contribution in [0.3, 0.4) is 0 Å². The normalized spacial score (nSPS) is 12.3. The van der Waals surface area contributed by atoms with Gasteiger partial charge in [0.15, 0.2) is 0 Å².